The second-order valence-corrected chi connectivity index (χ2v) is 14.0. The average Bonchev–Trinajstić information content (AvgIpc) is 3.85. The third kappa shape index (κ3) is 5.45. The molecule has 0 fully saturated rings. The summed E-state index contributed by atoms with van der Waals surface area (Å²) in [6.07, 6.45) is 0. The first kappa shape index (κ1) is 31.9. The molecule has 0 aliphatic carbocycles. The Morgan fingerprint density at radius 1 is 0.268 bits per heavy atom. The van der Waals surface area contributed by atoms with E-state index in [2.05, 4.69) is 133 Å². The molecule has 3 heterocycles. The van der Waals surface area contributed by atoms with E-state index in [9.17, 15) is 0 Å². The SMILES string of the molecule is c1ccc(-c2ccc(-c3nc(-c4ccccc4)nc(-c4ccc5c(c4)oc4cccc(-c6ccccc6-c6ccc7oc8ccccc8c7c6)c45)n3)cc2)cc1. The van der Waals surface area contributed by atoms with Crippen LogP contribution in [0.4, 0.5) is 0 Å². The first-order chi connectivity index (χ1) is 27.7. The summed E-state index contributed by atoms with van der Waals surface area (Å²) in [5.41, 5.74) is 12.8. The molecule has 0 N–H and O–H groups in total. The number of rotatable bonds is 6. The summed E-state index contributed by atoms with van der Waals surface area (Å²) in [5.74, 6) is 1.80. The van der Waals surface area contributed by atoms with E-state index in [1.165, 1.54) is 0 Å². The number of para-hydroxylation sites is 1. The van der Waals surface area contributed by atoms with Crippen LogP contribution >= 0.6 is 0 Å². The Bertz CT molecular complexity index is 3240. The highest BCUT2D eigenvalue weighted by Crippen LogP contribution is 2.42. The predicted octanol–water partition coefficient (Wildman–Crippen LogP) is 13.7. The van der Waals surface area contributed by atoms with E-state index in [1.807, 2.05) is 54.6 Å². The molecule has 0 radical (unpaired) electrons. The van der Waals surface area contributed by atoms with Gasteiger partial charge in [-0.15, -0.1) is 0 Å². The largest absolute Gasteiger partial charge is 0.456 e. The van der Waals surface area contributed by atoms with Gasteiger partial charge in [-0.3, -0.25) is 0 Å². The molecule has 0 aliphatic heterocycles. The van der Waals surface area contributed by atoms with Crippen LogP contribution in [0.1, 0.15) is 0 Å². The van der Waals surface area contributed by atoms with Crippen LogP contribution in [0.2, 0.25) is 0 Å². The maximum Gasteiger partial charge on any atom is 0.164 e. The third-order valence-corrected chi connectivity index (χ3v) is 10.6. The normalized spacial score (nSPS) is 11.6. The quantitative estimate of drug-likeness (QED) is 0.171. The Morgan fingerprint density at radius 2 is 0.786 bits per heavy atom. The zero-order valence-electron chi connectivity index (χ0n) is 30.1. The van der Waals surface area contributed by atoms with Crippen LogP contribution in [0, 0.1) is 0 Å². The van der Waals surface area contributed by atoms with E-state index in [1.54, 1.807) is 0 Å². The highest BCUT2D eigenvalue weighted by Gasteiger charge is 2.19. The van der Waals surface area contributed by atoms with Crippen LogP contribution in [0.5, 0.6) is 0 Å². The van der Waals surface area contributed by atoms with Crippen LogP contribution in [0.25, 0.3) is 111 Å². The minimum atomic E-state index is 0.580. The Hall–Kier alpha value is -7.63. The Kier molecular flexibility index (Phi) is 7.42. The van der Waals surface area contributed by atoms with Crippen LogP contribution in [0.15, 0.2) is 197 Å². The molecule has 262 valence electrons. The van der Waals surface area contributed by atoms with E-state index in [0.717, 1.165) is 93.9 Å². The summed E-state index contributed by atoms with van der Waals surface area (Å²) < 4.78 is 12.8. The summed E-state index contributed by atoms with van der Waals surface area (Å²) in [7, 11) is 0. The fourth-order valence-electron chi connectivity index (χ4n) is 7.85. The molecule has 56 heavy (non-hydrogen) atoms. The highest BCUT2D eigenvalue weighted by molar-refractivity contribution is 6.14. The zero-order chi connectivity index (χ0) is 37.0. The van der Waals surface area contributed by atoms with E-state index in [4.69, 9.17) is 23.8 Å². The monoisotopic (exact) mass is 717 g/mol. The molecule has 0 bridgehead atoms. The number of benzene rings is 8. The zero-order valence-corrected chi connectivity index (χ0v) is 30.1. The van der Waals surface area contributed by atoms with Gasteiger partial charge < -0.3 is 8.83 Å². The van der Waals surface area contributed by atoms with Gasteiger partial charge in [0.2, 0.25) is 0 Å². The van der Waals surface area contributed by atoms with E-state index in [0.29, 0.717) is 17.5 Å². The maximum absolute atomic E-state index is 6.62. The standard InChI is InChI=1S/C51H31N3O2/c1-3-12-32(13-4-1)33-22-24-35(25-23-33)50-52-49(34-14-5-2-6-15-34)53-51(54-50)37-26-28-42-47(31-37)56-46-21-11-19-41(48(42)46)39-17-8-7-16-38(39)36-27-29-45-43(30-36)40-18-9-10-20-44(40)55-45/h1-31H. The van der Waals surface area contributed by atoms with Gasteiger partial charge in [0.25, 0.3) is 0 Å². The molecule has 0 spiro atoms. The minimum Gasteiger partial charge on any atom is -0.456 e. The molecule has 0 atom stereocenters. The minimum absolute atomic E-state index is 0.580. The average molecular weight is 718 g/mol. The van der Waals surface area contributed by atoms with Gasteiger partial charge in [0.05, 0.1) is 0 Å². The highest BCUT2D eigenvalue weighted by atomic mass is 16.3. The van der Waals surface area contributed by atoms with Gasteiger partial charge in [-0.05, 0) is 69.8 Å². The lowest BCUT2D eigenvalue weighted by molar-refractivity contribution is 0.668. The van der Waals surface area contributed by atoms with E-state index in [-0.39, 0.29) is 0 Å². The molecule has 5 heteroatoms. The number of hydrogen-bond donors (Lipinski definition) is 0. The molecule has 0 aliphatic rings. The second kappa shape index (κ2) is 13.0. The van der Waals surface area contributed by atoms with Gasteiger partial charge in [-0.2, -0.15) is 0 Å². The molecule has 0 unspecified atom stereocenters. The summed E-state index contributed by atoms with van der Waals surface area (Å²) >= 11 is 0. The Labute approximate surface area is 322 Å². The molecular weight excluding hydrogens is 687 g/mol. The van der Waals surface area contributed by atoms with Crippen molar-refractivity contribution < 1.29 is 8.83 Å². The molecule has 5 nitrogen and oxygen atoms in total. The van der Waals surface area contributed by atoms with E-state index >= 15 is 0 Å². The predicted molar refractivity (Wildman–Crippen MR) is 227 cm³/mol. The van der Waals surface area contributed by atoms with Crippen molar-refractivity contribution in [2.75, 3.05) is 0 Å². The van der Waals surface area contributed by atoms with Gasteiger partial charge in [0.15, 0.2) is 17.5 Å². The molecule has 0 saturated carbocycles. The van der Waals surface area contributed by atoms with Crippen LogP contribution in [-0.4, -0.2) is 15.0 Å². The summed E-state index contributed by atoms with van der Waals surface area (Å²) in [6.45, 7) is 0. The maximum atomic E-state index is 6.62. The van der Waals surface area contributed by atoms with Crippen LogP contribution in [-0.2, 0) is 0 Å². The van der Waals surface area contributed by atoms with Gasteiger partial charge in [0.1, 0.15) is 22.3 Å². The van der Waals surface area contributed by atoms with Crippen molar-refractivity contribution in [3.63, 3.8) is 0 Å². The third-order valence-electron chi connectivity index (χ3n) is 10.6. The first-order valence-corrected chi connectivity index (χ1v) is 18.7. The molecular formula is C51H31N3O2. The molecule has 0 saturated heterocycles. The number of fused-ring (bicyclic) bond motifs is 6. The van der Waals surface area contributed by atoms with Gasteiger partial charge in [-0.1, -0.05) is 152 Å². The number of nitrogens with zero attached hydrogens (tertiary/aromatic N) is 3. The van der Waals surface area contributed by atoms with Crippen molar-refractivity contribution in [1.82, 2.24) is 15.0 Å². The lowest BCUT2D eigenvalue weighted by Crippen LogP contribution is -2.00. The van der Waals surface area contributed by atoms with Crippen molar-refractivity contribution in [3.8, 4) is 67.5 Å². The van der Waals surface area contributed by atoms with Crippen molar-refractivity contribution in [2.24, 2.45) is 0 Å². The lowest BCUT2D eigenvalue weighted by atomic mass is 9.91. The summed E-state index contributed by atoms with van der Waals surface area (Å²) in [5, 5.41) is 4.31. The van der Waals surface area contributed by atoms with Gasteiger partial charge in [0, 0.05) is 38.2 Å². The molecule has 3 aromatic heterocycles. The van der Waals surface area contributed by atoms with Crippen molar-refractivity contribution in [1.29, 1.82) is 0 Å². The van der Waals surface area contributed by atoms with Crippen molar-refractivity contribution in [2.45, 2.75) is 0 Å². The fraction of sp³-hybridized carbons (Fsp3) is 0. The smallest absolute Gasteiger partial charge is 0.164 e. The molecule has 11 aromatic rings. The van der Waals surface area contributed by atoms with E-state index < -0.39 is 0 Å². The molecule has 8 aromatic carbocycles. The van der Waals surface area contributed by atoms with Crippen LogP contribution in [0.3, 0.4) is 0 Å². The fourth-order valence-corrected chi connectivity index (χ4v) is 7.85. The van der Waals surface area contributed by atoms with Gasteiger partial charge in [-0.25, -0.2) is 15.0 Å². The van der Waals surface area contributed by atoms with Crippen molar-refractivity contribution in [3.05, 3.63) is 188 Å². The topological polar surface area (TPSA) is 65.0 Å². The van der Waals surface area contributed by atoms with Crippen LogP contribution < -0.4 is 0 Å². The van der Waals surface area contributed by atoms with Gasteiger partial charge >= 0.3 is 0 Å². The number of hydrogen-bond acceptors (Lipinski definition) is 5. The number of aromatic nitrogens is 3. The molecule has 11 rings (SSSR count). The Balaban J connectivity index is 1.02. The first-order valence-electron chi connectivity index (χ1n) is 18.7. The van der Waals surface area contributed by atoms with Crippen molar-refractivity contribution >= 4 is 43.9 Å². The molecule has 0 amide bonds. The lowest BCUT2D eigenvalue weighted by Gasteiger charge is -2.12. The summed E-state index contributed by atoms with van der Waals surface area (Å²) in [4.78, 5) is 15.0. The summed E-state index contributed by atoms with van der Waals surface area (Å²) in [6, 6.07) is 64.6. The second-order valence-electron chi connectivity index (χ2n) is 14.0. The Morgan fingerprint density at radius 3 is 1.57 bits per heavy atom. The number of furan rings is 2.